The van der Waals surface area contributed by atoms with Gasteiger partial charge in [0.05, 0.1) is 13.2 Å². The van der Waals surface area contributed by atoms with Gasteiger partial charge >= 0.3 is 0 Å². The van der Waals surface area contributed by atoms with Crippen molar-refractivity contribution in [2.45, 2.75) is 39.3 Å². The lowest BCUT2D eigenvalue weighted by Gasteiger charge is -2.21. The van der Waals surface area contributed by atoms with E-state index in [2.05, 4.69) is 35.6 Å². The molecule has 0 spiro atoms. The molecule has 1 unspecified atom stereocenters. The number of hydrogen-bond donors (Lipinski definition) is 2. The summed E-state index contributed by atoms with van der Waals surface area (Å²) in [6.45, 7) is 8.38. The second kappa shape index (κ2) is 9.40. The average Bonchev–Trinajstić information content (AvgIpc) is 2.97. The fourth-order valence-corrected chi connectivity index (χ4v) is 2.89. The number of aliphatic imine (C=N–C) groups is 1. The summed E-state index contributed by atoms with van der Waals surface area (Å²) in [5.41, 5.74) is 1.12. The molecule has 2 N–H and O–H groups in total. The Hall–Kier alpha value is -1.75. The van der Waals surface area contributed by atoms with Crippen LogP contribution in [0.2, 0.25) is 0 Å². The highest BCUT2D eigenvalue weighted by Crippen LogP contribution is 2.18. The summed E-state index contributed by atoms with van der Waals surface area (Å²) < 4.78 is 5.67. The zero-order valence-corrected chi connectivity index (χ0v) is 14.6. The molecule has 1 aliphatic heterocycles. The zero-order valence-electron chi connectivity index (χ0n) is 14.6. The minimum absolute atomic E-state index is 0.606. The molecular formula is C18H30N4O. The van der Waals surface area contributed by atoms with Crippen molar-refractivity contribution in [3.8, 4) is 5.75 Å². The van der Waals surface area contributed by atoms with Gasteiger partial charge in [-0.05, 0) is 46.3 Å². The molecule has 1 atom stereocenters. The number of nitrogens with zero attached hydrogens (tertiary/aromatic N) is 2. The Balaban J connectivity index is 1.95. The van der Waals surface area contributed by atoms with Gasteiger partial charge in [-0.15, -0.1) is 0 Å². The summed E-state index contributed by atoms with van der Waals surface area (Å²) in [4.78, 5) is 7.13. The van der Waals surface area contributed by atoms with Crippen molar-refractivity contribution >= 4 is 5.96 Å². The second-order valence-corrected chi connectivity index (χ2v) is 5.89. The van der Waals surface area contributed by atoms with Crippen LogP contribution in [0.15, 0.2) is 29.3 Å². The van der Waals surface area contributed by atoms with Gasteiger partial charge in [0.15, 0.2) is 5.96 Å². The van der Waals surface area contributed by atoms with E-state index < -0.39 is 0 Å². The first-order chi connectivity index (χ1) is 11.2. The number of guanidine groups is 1. The maximum absolute atomic E-state index is 5.67. The van der Waals surface area contributed by atoms with Crippen molar-refractivity contribution in [1.82, 2.24) is 15.5 Å². The minimum Gasteiger partial charge on any atom is -0.494 e. The molecule has 5 nitrogen and oxygen atoms in total. The first-order valence-electron chi connectivity index (χ1n) is 8.67. The molecule has 1 aromatic rings. The van der Waals surface area contributed by atoms with Crippen molar-refractivity contribution in [3.05, 3.63) is 29.8 Å². The Morgan fingerprint density at radius 3 is 2.83 bits per heavy atom. The van der Waals surface area contributed by atoms with Gasteiger partial charge in [0.2, 0.25) is 0 Å². The van der Waals surface area contributed by atoms with Gasteiger partial charge < -0.3 is 20.3 Å². The van der Waals surface area contributed by atoms with Gasteiger partial charge in [-0.2, -0.15) is 0 Å². The van der Waals surface area contributed by atoms with E-state index in [4.69, 9.17) is 9.73 Å². The predicted octanol–water partition coefficient (Wildman–Crippen LogP) is 2.23. The number of rotatable bonds is 7. The molecule has 0 bridgehead atoms. The van der Waals surface area contributed by atoms with Crippen molar-refractivity contribution in [2.24, 2.45) is 4.99 Å². The van der Waals surface area contributed by atoms with Crippen molar-refractivity contribution in [1.29, 1.82) is 0 Å². The van der Waals surface area contributed by atoms with E-state index >= 15 is 0 Å². The third-order valence-electron chi connectivity index (χ3n) is 4.20. The van der Waals surface area contributed by atoms with Crippen LogP contribution in [-0.2, 0) is 6.54 Å². The lowest BCUT2D eigenvalue weighted by Crippen LogP contribution is -2.44. The Kier molecular flexibility index (Phi) is 7.20. The molecule has 0 aliphatic carbocycles. The number of ether oxygens (including phenoxy) is 1. The van der Waals surface area contributed by atoms with Crippen LogP contribution in [0.3, 0.4) is 0 Å². The number of benzene rings is 1. The summed E-state index contributed by atoms with van der Waals surface area (Å²) in [7, 11) is 2.20. The van der Waals surface area contributed by atoms with E-state index in [9.17, 15) is 0 Å². The molecule has 2 rings (SSSR count). The lowest BCUT2D eigenvalue weighted by molar-refractivity contribution is 0.309. The van der Waals surface area contributed by atoms with Crippen molar-refractivity contribution < 1.29 is 4.74 Å². The summed E-state index contributed by atoms with van der Waals surface area (Å²) in [6.07, 6.45) is 2.55. The van der Waals surface area contributed by atoms with E-state index in [0.29, 0.717) is 19.2 Å². The number of likely N-dealkylation sites (tertiary alicyclic amines) is 1. The molecule has 5 heteroatoms. The Morgan fingerprint density at radius 1 is 1.30 bits per heavy atom. The van der Waals surface area contributed by atoms with Crippen LogP contribution in [0.5, 0.6) is 5.75 Å². The zero-order chi connectivity index (χ0) is 16.5. The van der Waals surface area contributed by atoms with Gasteiger partial charge in [-0.25, -0.2) is 4.99 Å². The fraction of sp³-hybridized carbons (Fsp3) is 0.611. The number of hydrogen-bond acceptors (Lipinski definition) is 3. The lowest BCUT2D eigenvalue weighted by atomic mass is 10.2. The SMILES string of the molecule is CCNC(=NCc1ccccc1OCC)NCC1CCCN1C. The van der Waals surface area contributed by atoms with Crippen molar-refractivity contribution in [2.75, 3.05) is 33.3 Å². The van der Waals surface area contributed by atoms with Gasteiger partial charge in [0.25, 0.3) is 0 Å². The highest BCUT2D eigenvalue weighted by Gasteiger charge is 2.20. The normalized spacial score (nSPS) is 18.9. The smallest absolute Gasteiger partial charge is 0.191 e. The van der Waals surface area contributed by atoms with Crippen LogP contribution in [0.25, 0.3) is 0 Å². The molecule has 0 radical (unpaired) electrons. The van der Waals surface area contributed by atoms with E-state index in [-0.39, 0.29) is 0 Å². The molecule has 1 fully saturated rings. The van der Waals surface area contributed by atoms with E-state index in [1.54, 1.807) is 0 Å². The summed E-state index contributed by atoms with van der Waals surface area (Å²) in [5.74, 6) is 1.80. The Morgan fingerprint density at radius 2 is 2.13 bits per heavy atom. The van der Waals surface area contributed by atoms with Gasteiger partial charge in [-0.3, -0.25) is 0 Å². The molecule has 1 aromatic carbocycles. The molecule has 0 amide bonds. The number of likely N-dealkylation sites (N-methyl/N-ethyl adjacent to an activating group) is 1. The third-order valence-corrected chi connectivity index (χ3v) is 4.20. The topological polar surface area (TPSA) is 48.9 Å². The molecule has 0 aromatic heterocycles. The van der Waals surface area contributed by atoms with Crippen LogP contribution in [0.1, 0.15) is 32.3 Å². The second-order valence-electron chi connectivity index (χ2n) is 5.89. The Bertz CT molecular complexity index is 504. The molecular weight excluding hydrogens is 288 g/mol. The number of para-hydroxylation sites is 1. The minimum atomic E-state index is 0.606. The highest BCUT2D eigenvalue weighted by molar-refractivity contribution is 5.79. The Labute approximate surface area is 140 Å². The molecule has 1 heterocycles. The van der Waals surface area contributed by atoms with Gasteiger partial charge in [0.1, 0.15) is 5.75 Å². The summed E-state index contributed by atoms with van der Waals surface area (Å²) >= 11 is 0. The van der Waals surface area contributed by atoms with Gasteiger partial charge in [0, 0.05) is 24.7 Å². The van der Waals surface area contributed by atoms with E-state index in [1.807, 2.05) is 25.1 Å². The average molecular weight is 318 g/mol. The standard InChI is InChI=1S/C18H30N4O/c1-4-19-18(21-14-16-10-8-12-22(16)3)20-13-15-9-6-7-11-17(15)23-5-2/h6-7,9,11,16H,4-5,8,10,12-14H2,1-3H3,(H2,19,20,21). The van der Waals surface area contributed by atoms with Gasteiger partial charge in [-0.1, -0.05) is 18.2 Å². The fourth-order valence-electron chi connectivity index (χ4n) is 2.89. The molecule has 23 heavy (non-hydrogen) atoms. The first-order valence-corrected chi connectivity index (χ1v) is 8.67. The quantitative estimate of drug-likeness (QED) is 0.598. The first kappa shape index (κ1) is 17.6. The van der Waals surface area contributed by atoms with Crippen LogP contribution in [0, 0.1) is 0 Å². The maximum Gasteiger partial charge on any atom is 0.191 e. The third kappa shape index (κ3) is 5.43. The molecule has 0 saturated carbocycles. The largest absolute Gasteiger partial charge is 0.494 e. The predicted molar refractivity (Wildman–Crippen MR) is 96.1 cm³/mol. The van der Waals surface area contributed by atoms with Crippen LogP contribution in [0.4, 0.5) is 0 Å². The molecule has 1 aliphatic rings. The summed E-state index contributed by atoms with van der Waals surface area (Å²) in [6, 6.07) is 8.71. The van der Waals surface area contributed by atoms with Crippen LogP contribution < -0.4 is 15.4 Å². The molecule has 128 valence electrons. The maximum atomic E-state index is 5.67. The van der Waals surface area contributed by atoms with Crippen molar-refractivity contribution in [3.63, 3.8) is 0 Å². The number of nitrogens with one attached hydrogen (secondary N) is 2. The highest BCUT2D eigenvalue weighted by atomic mass is 16.5. The monoisotopic (exact) mass is 318 g/mol. The van der Waals surface area contributed by atoms with Crippen LogP contribution >= 0.6 is 0 Å². The van der Waals surface area contributed by atoms with E-state index in [0.717, 1.165) is 30.4 Å². The van der Waals surface area contributed by atoms with Crippen LogP contribution in [-0.4, -0.2) is 50.2 Å². The van der Waals surface area contributed by atoms with E-state index in [1.165, 1.54) is 19.4 Å². The molecule has 1 saturated heterocycles. The summed E-state index contributed by atoms with van der Waals surface area (Å²) in [5, 5.41) is 6.79.